The summed E-state index contributed by atoms with van der Waals surface area (Å²) < 4.78 is 0. The van der Waals surface area contributed by atoms with Crippen LogP contribution in [0.5, 0.6) is 0 Å². The standard InChI is InChI=1S/C16H30N2O3/c1-12(2)18(10-4-5-14(19)20)15(21)16(11-17)8-6-13(3)7-9-16/h12-13H,4-11,17H2,1-3H3,(H,19,20). The molecule has 0 unspecified atom stereocenters. The molecule has 5 nitrogen and oxygen atoms in total. The average molecular weight is 298 g/mol. The zero-order valence-corrected chi connectivity index (χ0v) is 13.6. The van der Waals surface area contributed by atoms with E-state index < -0.39 is 11.4 Å². The third kappa shape index (κ3) is 4.70. The zero-order chi connectivity index (χ0) is 16.0. The number of rotatable bonds is 7. The maximum atomic E-state index is 13.0. The number of hydrogen-bond acceptors (Lipinski definition) is 3. The second-order valence-electron chi connectivity index (χ2n) is 6.76. The normalized spacial score (nSPS) is 25.9. The minimum Gasteiger partial charge on any atom is -0.481 e. The number of hydrogen-bond donors (Lipinski definition) is 2. The van der Waals surface area contributed by atoms with Gasteiger partial charge in [0, 0.05) is 25.6 Å². The predicted octanol–water partition coefficient (Wildman–Crippen LogP) is 2.24. The van der Waals surface area contributed by atoms with Gasteiger partial charge in [0.2, 0.25) is 5.91 Å². The molecule has 0 atom stereocenters. The molecule has 5 heteroatoms. The van der Waals surface area contributed by atoms with E-state index in [0.29, 0.717) is 25.4 Å². The second kappa shape index (κ2) is 7.78. The Labute approximate surface area is 127 Å². The maximum Gasteiger partial charge on any atom is 0.303 e. The molecule has 0 aliphatic heterocycles. The summed E-state index contributed by atoms with van der Waals surface area (Å²) >= 11 is 0. The highest BCUT2D eigenvalue weighted by Crippen LogP contribution is 2.40. The fourth-order valence-corrected chi connectivity index (χ4v) is 3.12. The van der Waals surface area contributed by atoms with Crippen LogP contribution >= 0.6 is 0 Å². The van der Waals surface area contributed by atoms with Gasteiger partial charge in [0.05, 0.1) is 5.41 Å². The van der Waals surface area contributed by atoms with E-state index in [0.717, 1.165) is 25.7 Å². The van der Waals surface area contributed by atoms with Gasteiger partial charge in [-0.1, -0.05) is 6.92 Å². The third-order valence-corrected chi connectivity index (χ3v) is 4.75. The Morgan fingerprint density at radius 2 is 1.90 bits per heavy atom. The average Bonchev–Trinajstić information content (AvgIpc) is 2.43. The number of carboxylic acids is 1. The lowest BCUT2D eigenvalue weighted by Crippen LogP contribution is -2.52. The highest BCUT2D eigenvalue weighted by molar-refractivity contribution is 5.83. The number of nitrogens with two attached hydrogens (primary N) is 1. The molecule has 1 amide bonds. The van der Waals surface area contributed by atoms with Crippen LogP contribution in [0.2, 0.25) is 0 Å². The van der Waals surface area contributed by atoms with Crippen LogP contribution in [0.3, 0.4) is 0 Å². The van der Waals surface area contributed by atoms with Crippen LogP contribution in [-0.4, -0.2) is 41.0 Å². The molecular formula is C16H30N2O3. The van der Waals surface area contributed by atoms with Crippen LogP contribution in [0, 0.1) is 11.3 Å². The van der Waals surface area contributed by atoms with Gasteiger partial charge < -0.3 is 15.7 Å². The first-order valence-corrected chi connectivity index (χ1v) is 8.05. The number of carbonyl (C=O) groups excluding carboxylic acids is 1. The largest absolute Gasteiger partial charge is 0.481 e. The number of carbonyl (C=O) groups is 2. The summed E-state index contributed by atoms with van der Waals surface area (Å²) in [5, 5.41) is 8.75. The van der Waals surface area contributed by atoms with Crippen molar-refractivity contribution in [2.75, 3.05) is 13.1 Å². The Morgan fingerprint density at radius 1 is 1.33 bits per heavy atom. The molecule has 3 N–H and O–H groups in total. The van der Waals surface area contributed by atoms with Crippen molar-refractivity contribution in [2.45, 2.75) is 65.3 Å². The van der Waals surface area contributed by atoms with E-state index in [4.69, 9.17) is 10.8 Å². The fourth-order valence-electron chi connectivity index (χ4n) is 3.12. The first-order valence-electron chi connectivity index (χ1n) is 8.05. The van der Waals surface area contributed by atoms with Gasteiger partial charge in [0.15, 0.2) is 0 Å². The molecule has 1 aliphatic carbocycles. The van der Waals surface area contributed by atoms with Gasteiger partial charge in [-0.2, -0.15) is 0 Å². The lowest BCUT2D eigenvalue weighted by Gasteiger charge is -2.42. The van der Waals surface area contributed by atoms with E-state index in [1.54, 1.807) is 0 Å². The molecule has 1 rings (SSSR count). The Morgan fingerprint density at radius 3 is 2.33 bits per heavy atom. The molecule has 0 spiro atoms. The van der Waals surface area contributed by atoms with Crippen LogP contribution in [-0.2, 0) is 9.59 Å². The summed E-state index contributed by atoms with van der Waals surface area (Å²) in [5.41, 5.74) is 5.53. The second-order valence-corrected chi connectivity index (χ2v) is 6.76. The summed E-state index contributed by atoms with van der Waals surface area (Å²) in [6.07, 6.45) is 4.39. The SMILES string of the molecule is CC1CCC(CN)(C(=O)N(CCCC(=O)O)C(C)C)CC1. The van der Waals surface area contributed by atoms with Crippen molar-refractivity contribution in [3.05, 3.63) is 0 Å². The van der Waals surface area contributed by atoms with Crippen LogP contribution < -0.4 is 5.73 Å². The fraction of sp³-hybridized carbons (Fsp3) is 0.875. The molecule has 21 heavy (non-hydrogen) atoms. The summed E-state index contributed by atoms with van der Waals surface area (Å²) in [6.45, 7) is 7.07. The van der Waals surface area contributed by atoms with Crippen molar-refractivity contribution >= 4 is 11.9 Å². The molecule has 122 valence electrons. The van der Waals surface area contributed by atoms with Crippen LogP contribution in [0.15, 0.2) is 0 Å². The van der Waals surface area contributed by atoms with E-state index in [1.807, 2.05) is 18.7 Å². The van der Waals surface area contributed by atoms with Crippen molar-refractivity contribution in [1.29, 1.82) is 0 Å². The quantitative estimate of drug-likeness (QED) is 0.755. The lowest BCUT2D eigenvalue weighted by molar-refractivity contribution is -0.147. The van der Waals surface area contributed by atoms with E-state index in [-0.39, 0.29) is 18.4 Å². The van der Waals surface area contributed by atoms with Crippen molar-refractivity contribution in [2.24, 2.45) is 17.1 Å². The summed E-state index contributed by atoms with van der Waals surface area (Å²) in [5.74, 6) is -0.0274. The van der Waals surface area contributed by atoms with Gasteiger partial charge in [-0.05, 0) is 51.9 Å². The van der Waals surface area contributed by atoms with E-state index in [2.05, 4.69) is 6.92 Å². The minimum absolute atomic E-state index is 0.0778. The monoisotopic (exact) mass is 298 g/mol. The first kappa shape index (κ1) is 18.0. The van der Waals surface area contributed by atoms with Crippen molar-refractivity contribution < 1.29 is 14.7 Å². The van der Waals surface area contributed by atoms with Crippen molar-refractivity contribution in [1.82, 2.24) is 4.90 Å². The zero-order valence-electron chi connectivity index (χ0n) is 13.6. The molecule has 1 aliphatic rings. The van der Waals surface area contributed by atoms with Gasteiger partial charge >= 0.3 is 5.97 Å². The van der Waals surface area contributed by atoms with Crippen molar-refractivity contribution in [3.63, 3.8) is 0 Å². The molecular weight excluding hydrogens is 268 g/mol. The van der Waals surface area contributed by atoms with Gasteiger partial charge in [-0.3, -0.25) is 9.59 Å². The summed E-state index contributed by atoms with van der Waals surface area (Å²) in [6, 6.07) is 0.0778. The van der Waals surface area contributed by atoms with E-state index >= 15 is 0 Å². The molecule has 0 bridgehead atoms. The molecule has 0 aromatic carbocycles. The topological polar surface area (TPSA) is 83.6 Å². The molecule has 1 saturated carbocycles. The molecule has 1 fully saturated rings. The van der Waals surface area contributed by atoms with Crippen molar-refractivity contribution in [3.8, 4) is 0 Å². The maximum absolute atomic E-state index is 13.0. The number of aliphatic carboxylic acids is 1. The number of nitrogens with zero attached hydrogens (tertiary/aromatic N) is 1. The minimum atomic E-state index is -0.814. The summed E-state index contributed by atoms with van der Waals surface area (Å²) in [4.78, 5) is 25.5. The Kier molecular flexibility index (Phi) is 6.65. The molecule has 0 radical (unpaired) electrons. The van der Waals surface area contributed by atoms with Gasteiger partial charge in [0.25, 0.3) is 0 Å². The van der Waals surface area contributed by atoms with Crippen LogP contribution in [0.1, 0.15) is 59.3 Å². The highest BCUT2D eigenvalue weighted by Gasteiger charge is 2.42. The van der Waals surface area contributed by atoms with Gasteiger partial charge in [0.1, 0.15) is 0 Å². The lowest BCUT2D eigenvalue weighted by atomic mass is 9.70. The van der Waals surface area contributed by atoms with Gasteiger partial charge in [-0.25, -0.2) is 0 Å². The first-order chi connectivity index (χ1) is 9.82. The molecule has 0 aromatic rings. The Bertz CT molecular complexity index is 361. The number of carboxylic acid groups (broad SMARTS) is 1. The molecule has 0 heterocycles. The smallest absolute Gasteiger partial charge is 0.303 e. The highest BCUT2D eigenvalue weighted by atomic mass is 16.4. The Balaban J connectivity index is 2.75. The number of amides is 1. The van der Waals surface area contributed by atoms with Crippen LogP contribution in [0.4, 0.5) is 0 Å². The third-order valence-electron chi connectivity index (χ3n) is 4.75. The Hall–Kier alpha value is -1.10. The molecule has 0 aromatic heterocycles. The van der Waals surface area contributed by atoms with E-state index in [9.17, 15) is 9.59 Å². The molecule has 0 saturated heterocycles. The van der Waals surface area contributed by atoms with E-state index in [1.165, 1.54) is 0 Å². The van der Waals surface area contributed by atoms with Gasteiger partial charge in [-0.15, -0.1) is 0 Å². The summed E-state index contributed by atoms with van der Waals surface area (Å²) in [7, 11) is 0. The predicted molar refractivity (Wildman–Crippen MR) is 82.8 cm³/mol. The van der Waals surface area contributed by atoms with Crippen LogP contribution in [0.25, 0.3) is 0 Å².